The molecular weight excluding hydrogens is 244 g/mol. The summed E-state index contributed by atoms with van der Waals surface area (Å²) in [5, 5.41) is 11.0. The maximum absolute atomic E-state index is 12.3. The predicted octanol–water partition coefficient (Wildman–Crippen LogP) is 1.16. The second kappa shape index (κ2) is 5.97. The van der Waals surface area contributed by atoms with E-state index >= 15 is 0 Å². The number of hydrogen-bond acceptors (Lipinski definition) is 5. The highest BCUT2D eigenvalue weighted by Crippen LogP contribution is 2.19. The van der Waals surface area contributed by atoms with Crippen LogP contribution in [0, 0.1) is 0 Å². The summed E-state index contributed by atoms with van der Waals surface area (Å²) in [6.07, 6.45) is 0.940. The van der Waals surface area contributed by atoms with Crippen molar-refractivity contribution < 1.29 is 9.53 Å². The molecule has 1 N–H and O–H groups in total. The molecule has 2 unspecified atom stereocenters. The first-order valence-corrected chi connectivity index (χ1v) is 6.60. The molecule has 2 heterocycles. The number of hydrogen-bond donors (Lipinski definition) is 1. The Kier molecular flexibility index (Phi) is 4.31. The molecule has 6 heteroatoms. The number of aromatic nitrogens is 2. The van der Waals surface area contributed by atoms with Gasteiger partial charge in [-0.1, -0.05) is 0 Å². The lowest BCUT2D eigenvalue weighted by Gasteiger charge is -2.26. The third kappa shape index (κ3) is 3.01. The Balaban J connectivity index is 2.06. The lowest BCUT2D eigenvalue weighted by molar-refractivity contribution is 0.0569. The number of carbonyl (C=O) groups is 1. The van der Waals surface area contributed by atoms with E-state index in [4.69, 9.17) is 4.74 Å². The largest absolute Gasteiger partial charge is 0.376 e. The molecule has 0 aromatic carbocycles. The first kappa shape index (κ1) is 13.7. The smallest absolute Gasteiger partial charge is 0.274 e. The molecular formula is C13H20N4O2. The molecule has 1 aliphatic rings. The number of likely N-dealkylation sites (N-methyl/N-ethyl adjacent to an activating group) is 1. The van der Waals surface area contributed by atoms with Crippen LogP contribution in [0.25, 0.3) is 0 Å². The van der Waals surface area contributed by atoms with E-state index in [2.05, 4.69) is 15.5 Å². The van der Waals surface area contributed by atoms with Crippen molar-refractivity contribution in [1.82, 2.24) is 15.1 Å². The standard InChI is InChI=1S/C13H20N4O2/c1-4-14-12-6-5-10(15-16-12)13(18)17(3)11-7-8-19-9(11)2/h5-6,9,11H,4,7-8H2,1-3H3,(H,14,16). The molecule has 0 aliphatic carbocycles. The van der Waals surface area contributed by atoms with Crippen LogP contribution in [-0.4, -0.2) is 53.3 Å². The summed E-state index contributed by atoms with van der Waals surface area (Å²) < 4.78 is 5.48. The summed E-state index contributed by atoms with van der Waals surface area (Å²) in [5.41, 5.74) is 0.364. The van der Waals surface area contributed by atoms with Crippen LogP contribution in [0.3, 0.4) is 0 Å². The molecule has 104 valence electrons. The third-order valence-corrected chi connectivity index (χ3v) is 3.40. The third-order valence-electron chi connectivity index (χ3n) is 3.40. The molecule has 19 heavy (non-hydrogen) atoms. The zero-order chi connectivity index (χ0) is 13.8. The highest BCUT2D eigenvalue weighted by atomic mass is 16.5. The molecule has 1 aromatic rings. The Morgan fingerprint density at radius 3 is 2.84 bits per heavy atom. The van der Waals surface area contributed by atoms with Gasteiger partial charge in [-0.3, -0.25) is 4.79 Å². The van der Waals surface area contributed by atoms with E-state index in [-0.39, 0.29) is 18.1 Å². The SMILES string of the molecule is CCNc1ccc(C(=O)N(C)C2CCOC2C)nn1. The van der Waals surface area contributed by atoms with Crippen molar-refractivity contribution in [2.75, 3.05) is 25.5 Å². The number of carbonyl (C=O) groups excluding carboxylic acids is 1. The van der Waals surface area contributed by atoms with Gasteiger partial charge in [0.15, 0.2) is 5.69 Å². The highest BCUT2D eigenvalue weighted by Gasteiger charge is 2.31. The number of ether oxygens (including phenoxy) is 1. The summed E-state index contributed by atoms with van der Waals surface area (Å²) in [6.45, 7) is 5.45. The first-order valence-electron chi connectivity index (χ1n) is 6.60. The maximum Gasteiger partial charge on any atom is 0.274 e. The predicted molar refractivity (Wildman–Crippen MR) is 72.1 cm³/mol. The monoisotopic (exact) mass is 264 g/mol. The van der Waals surface area contributed by atoms with E-state index < -0.39 is 0 Å². The normalized spacial score (nSPS) is 22.3. The summed E-state index contributed by atoms with van der Waals surface area (Å²) in [6, 6.07) is 3.58. The molecule has 2 rings (SSSR count). The molecule has 0 spiro atoms. The van der Waals surface area contributed by atoms with Gasteiger partial charge < -0.3 is 15.0 Å². The first-order chi connectivity index (χ1) is 9.13. The molecule has 0 saturated carbocycles. The van der Waals surface area contributed by atoms with Gasteiger partial charge in [0, 0.05) is 20.2 Å². The number of anilines is 1. The minimum absolute atomic E-state index is 0.0722. The minimum Gasteiger partial charge on any atom is -0.376 e. The number of amides is 1. The summed E-state index contributed by atoms with van der Waals surface area (Å²) in [4.78, 5) is 14.0. The summed E-state index contributed by atoms with van der Waals surface area (Å²) in [7, 11) is 1.79. The fourth-order valence-corrected chi connectivity index (χ4v) is 2.28. The quantitative estimate of drug-likeness (QED) is 0.884. The van der Waals surface area contributed by atoms with Crippen LogP contribution >= 0.6 is 0 Å². The zero-order valence-corrected chi connectivity index (χ0v) is 11.6. The van der Waals surface area contributed by atoms with Gasteiger partial charge in [0.25, 0.3) is 5.91 Å². The van der Waals surface area contributed by atoms with E-state index in [1.54, 1.807) is 24.1 Å². The maximum atomic E-state index is 12.3. The van der Waals surface area contributed by atoms with Gasteiger partial charge in [0.2, 0.25) is 0 Å². The molecule has 0 bridgehead atoms. The minimum atomic E-state index is -0.113. The molecule has 1 aromatic heterocycles. The fraction of sp³-hybridized carbons (Fsp3) is 0.615. The number of nitrogens with one attached hydrogen (secondary N) is 1. The number of nitrogens with zero attached hydrogens (tertiary/aromatic N) is 3. The van der Waals surface area contributed by atoms with Gasteiger partial charge in [-0.25, -0.2) is 0 Å². The molecule has 1 aliphatic heterocycles. The van der Waals surface area contributed by atoms with Crippen molar-refractivity contribution in [3.63, 3.8) is 0 Å². The van der Waals surface area contributed by atoms with Crippen molar-refractivity contribution in [1.29, 1.82) is 0 Å². The van der Waals surface area contributed by atoms with Gasteiger partial charge in [-0.15, -0.1) is 10.2 Å². The van der Waals surface area contributed by atoms with E-state index in [9.17, 15) is 4.79 Å². The summed E-state index contributed by atoms with van der Waals surface area (Å²) in [5.74, 6) is 0.567. The fourth-order valence-electron chi connectivity index (χ4n) is 2.28. The van der Waals surface area contributed by atoms with Crippen LogP contribution in [-0.2, 0) is 4.74 Å². The Hall–Kier alpha value is -1.69. The van der Waals surface area contributed by atoms with Crippen molar-refractivity contribution in [3.05, 3.63) is 17.8 Å². The molecule has 1 fully saturated rings. The van der Waals surface area contributed by atoms with E-state index in [0.717, 1.165) is 13.0 Å². The second-order valence-electron chi connectivity index (χ2n) is 4.68. The van der Waals surface area contributed by atoms with Crippen LogP contribution in [0.15, 0.2) is 12.1 Å². The van der Waals surface area contributed by atoms with Crippen LogP contribution in [0.4, 0.5) is 5.82 Å². The van der Waals surface area contributed by atoms with Crippen molar-refractivity contribution >= 4 is 11.7 Å². The van der Waals surface area contributed by atoms with Gasteiger partial charge in [-0.2, -0.15) is 0 Å². The average molecular weight is 264 g/mol. The average Bonchev–Trinajstić information content (AvgIpc) is 2.84. The van der Waals surface area contributed by atoms with Crippen LogP contribution in [0.5, 0.6) is 0 Å². The van der Waals surface area contributed by atoms with Gasteiger partial charge in [0.1, 0.15) is 5.82 Å². The lowest BCUT2D eigenvalue weighted by Crippen LogP contribution is -2.41. The lowest BCUT2D eigenvalue weighted by atomic mass is 10.1. The Bertz CT molecular complexity index is 435. The van der Waals surface area contributed by atoms with E-state index in [1.807, 2.05) is 13.8 Å². The molecule has 1 saturated heterocycles. The van der Waals surface area contributed by atoms with E-state index in [1.165, 1.54) is 0 Å². The Morgan fingerprint density at radius 2 is 2.32 bits per heavy atom. The molecule has 2 atom stereocenters. The number of rotatable bonds is 4. The van der Waals surface area contributed by atoms with Gasteiger partial charge in [-0.05, 0) is 32.4 Å². The molecule has 6 nitrogen and oxygen atoms in total. The van der Waals surface area contributed by atoms with Crippen LogP contribution in [0.2, 0.25) is 0 Å². The molecule has 1 amide bonds. The Labute approximate surface area is 113 Å². The van der Waals surface area contributed by atoms with Crippen molar-refractivity contribution in [3.8, 4) is 0 Å². The second-order valence-corrected chi connectivity index (χ2v) is 4.68. The highest BCUT2D eigenvalue weighted by molar-refractivity contribution is 5.92. The summed E-state index contributed by atoms with van der Waals surface area (Å²) >= 11 is 0. The van der Waals surface area contributed by atoms with Crippen molar-refractivity contribution in [2.45, 2.75) is 32.4 Å². The topological polar surface area (TPSA) is 67.4 Å². The van der Waals surface area contributed by atoms with Gasteiger partial charge >= 0.3 is 0 Å². The van der Waals surface area contributed by atoms with Crippen LogP contribution in [0.1, 0.15) is 30.8 Å². The zero-order valence-electron chi connectivity index (χ0n) is 11.6. The van der Waals surface area contributed by atoms with Crippen molar-refractivity contribution in [2.24, 2.45) is 0 Å². The van der Waals surface area contributed by atoms with E-state index in [0.29, 0.717) is 18.1 Å². The molecule has 0 radical (unpaired) electrons. The van der Waals surface area contributed by atoms with Crippen LogP contribution < -0.4 is 5.32 Å². The Morgan fingerprint density at radius 1 is 1.53 bits per heavy atom. The van der Waals surface area contributed by atoms with Gasteiger partial charge in [0.05, 0.1) is 12.1 Å².